The number of amides is 3. The van der Waals surface area contributed by atoms with Crippen molar-refractivity contribution in [3.63, 3.8) is 0 Å². The van der Waals surface area contributed by atoms with Gasteiger partial charge in [0.15, 0.2) is 0 Å². The van der Waals surface area contributed by atoms with Crippen molar-refractivity contribution in [3.8, 4) is 0 Å². The molecule has 0 saturated carbocycles. The van der Waals surface area contributed by atoms with E-state index in [9.17, 15) is 9.59 Å². The summed E-state index contributed by atoms with van der Waals surface area (Å²) in [6, 6.07) is 6.01. The molecule has 2 aromatic rings. The normalized spacial score (nSPS) is 17.1. The number of unbranched alkanes of at least 4 members (excludes halogenated alkanes) is 1. The summed E-state index contributed by atoms with van der Waals surface area (Å²) in [5, 5.41) is 9.35. The summed E-state index contributed by atoms with van der Waals surface area (Å²) in [5.74, 6) is -0.255. The summed E-state index contributed by atoms with van der Waals surface area (Å²) in [6.45, 7) is 3.69. The van der Waals surface area contributed by atoms with Crippen molar-refractivity contribution in [2.24, 2.45) is 0 Å². The molecular weight excluding hydrogens is 354 g/mol. The minimum atomic E-state index is -0.403. The van der Waals surface area contributed by atoms with E-state index in [0.717, 1.165) is 25.8 Å². The maximum absolute atomic E-state index is 12.3. The van der Waals surface area contributed by atoms with Crippen molar-refractivity contribution in [1.29, 1.82) is 0 Å². The highest BCUT2D eigenvalue weighted by molar-refractivity contribution is 7.10. The van der Waals surface area contributed by atoms with E-state index >= 15 is 0 Å². The number of fused-ring (bicyclic) bond motifs is 1. The van der Waals surface area contributed by atoms with Crippen molar-refractivity contribution in [1.82, 2.24) is 15.5 Å². The maximum atomic E-state index is 12.3. The van der Waals surface area contributed by atoms with Crippen LogP contribution in [0, 0.1) is 0 Å². The Kier molecular flexibility index (Phi) is 6.23. The van der Waals surface area contributed by atoms with Gasteiger partial charge >= 0.3 is 6.03 Å². The van der Waals surface area contributed by atoms with Crippen LogP contribution < -0.4 is 10.6 Å². The summed E-state index contributed by atoms with van der Waals surface area (Å²) < 4.78 is 0. The second-order valence-corrected chi connectivity index (χ2v) is 8.08. The van der Waals surface area contributed by atoms with Gasteiger partial charge in [-0.05, 0) is 41.3 Å². The molecule has 0 spiro atoms. The van der Waals surface area contributed by atoms with Crippen molar-refractivity contribution in [2.75, 3.05) is 19.6 Å². The predicted octanol–water partition coefficient (Wildman–Crippen LogP) is 3.38. The molecule has 3 rings (SSSR count). The summed E-state index contributed by atoms with van der Waals surface area (Å²) in [4.78, 5) is 28.9. The van der Waals surface area contributed by atoms with Crippen LogP contribution in [0.25, 0.3) is 0 Å². The topological polar surface area (TPSA) is 61.4 Å². The molecule has 134 valence electrons. The summed E-state index contributed by atoms with van der Waals surface area (Å²) in [6.07, 6.45) is 2.87. The van der Waals surface area contributed by atoms with E-state index in [1.165, 1.54) is 15.3 Å². The molecule has 0 radical (unpaired) electrons. The fourth-order valence-corrected chi connectivity index (χ4v) is 4.87. The predicted molar refractivity (Wildman–Crippen MR) is 102 cm³/mol. The first kappa shape index (κ1) is 18.1. The van der Waals surface area contributed by atoms with E-state index < -0.39 is 6.03 Å². The summed E-state index contributed by atoms with van der Waals surface area (Å²) in [7, 11) is 0. The van der Waals surface area contributed by atoms with Crippen LogP contribution in [0.4, 0.5) is 4.79 Å². The van der Waals surface area contributed by atoms with Crippen molar-refractivity contribution in [2.45, 2.75) is 32.2 Å². The van der Waals surface area contributed by atoms with E-state index in [-0.39, 0.29) is 18.5 Å². The fraction of sp³-hybridized carbons (Fsp3) is 0.444. The Labute approximate surface area is 156 Å². The van der Waals surface area contributed by atoms with Gasteiger partial charge in [-0.3, -0.25) is 15.0 Å². The van der Waals surface area contributed by atoms with Crippen LogP contribution in [-0.2, 0) is 11.2 Å². The van der Waals surface area contributed by atoms with E-state index in [1.807, 2.05) is 6.07 Å². The number of carbonyl (C=O) groups is 2. The highest BCUT2D eigenvalue weighted by Gasteiger charge is 2.31. The first-order valence-electron chi connectivity index (χ1n) is 8.60. The van der Waals surface area contributed by atoms with Crippen LogP contribution >= 0.6 is 22.7 Å². The molecule has 1 atom stereocenters. The lowest BCUT2D eigenvalue weighted by molar-refractivity contribution is -0.121. The molecule has 7 heteroatoms. The number of urea groups is 1. The molecule has 0 aliphatic carbocycles. The molecular formula is C18H23N3O2S2. The highest BCUT2D eigenvalue weighted by Crippen LogP contribution is 2.39. The van der Waals surface area contributed by atoms with E-state index in [4.69, 9.17) is 0 Å². The van der Waals surface area contributed by atoms with Crippen LogP contribution in [0.5, 0.6) is 0 Å². The van der Waals surface area contributed by atoms with Gasteiger partial charge in [-0.2, -0.15) is 0 Å². The Morgan fingerprint density at radius 1 is 1.28 bits per heavy atom. The largest absolute Gasteiger partial charge is 0.338 e. The third kappa shape index (κ3) is 4.48. The van der Waals surface area contributed by atoms with Gasteiger partial charge in [0.1, 0.15) is 0 Å². The zero-order chi connectivity index (χ0) is 17.6. The van der Waals surface area contributed by atoms with E-state index in [1.54, 1.807) is 22.7 Å². The van der Waals surface area contributed by atoms with Gasteiger partial charge in [0.2, 0.25) is 5.91 Å². The molecule has 2 N–H and O–H groups in total. The van der Waals surface area contributed by atoms with Crippen molar-refractivity contribution in [3.05, 3.63) is 44.3 Å². The van der Waals surface area contributed by atoms with Gasteiger partial charge in [0.05, 0.1) is 12.6 Å². The van der Waals surface area contributed by atoms with Crippen LogP contribution in [0.1, 0.15) is 41.1 Å². The summed E-state index contributed by atoms with van der Waals surface area (Å²) in [5.41, 5.74) is 1.29. The first-order valence-corrected chi connectivity index (χ1v) is 10.4. The van der Waals surface area contributed by atoms with Gasteiger partial charge in [-0.25, -0.2) is 4.79 Å². The fourth-order valence-electron chi connectivity index (χ4n) is 3.09. The second kappa shape index (κ2) is 8.60. The minimum absolute atomic E-state index is 0.101. The van der Waals surface area contributed by atoms with Crippen LogP contribution in [0.3, 0.4) is 0 Å². The number of carbonyl (C=O) groups excluding carboxylic acids is 2. The van der Waals surface area contributed by atoms with Gasteiger partial charge in [0, 0.05) is 22.8 Å². The number of nitrogens with one attached hydrogen (secondary N) is 2. The number of thiophene rings is 2. The van der Waals surface area contributed by atoms with Crippen LogP contribution in [0.15, 0.2) is 29.0 Å². The smallest absolute Gasteiger partial charge is 0.321 e. The molecule has 0 unspecified atom stereocenters. The SMILES string of the molecule is CCCCNC(=O)NC(=O)CN1CCc2sccc2[C@H]1c1cccs1. The molecule has 0 fully saturated rings. The number of imide groups is 1. The van der Waals surface area contributed by atoms with Crippen molar-refractivity contribution >= 4 is 34.6 Å². The molecule has 5 nitrogen and oxygen atoms in total. The van der Waals surface area contributed by atoms with Crippen LogP contribution in [0.2, 0.25) is 0 Å². The van der Waals surface area contributed by atoms with Gasteiger partial charge in [0.25, 0.3) is 0 Å². The zero-order valence-corrected chi connectivity index (χ0v) is 15.9. The highest BCUT2D eigenvalue weighted by atomic mass is 32.1. The Bertz CT molecular complexity index is 712. The number of rotatable bonds is 6. The lowest BCUT2D eigenvalue weighted by Gasteiger charge is -2.34. The standard InChI is InChI=1S/C18H23N3O2S2/c1-2-3-8-19-18(23)20-16(22)12-21-9-6-14-13(7-11-25-14)17(21)15-5-4-10-24-15/h4-5,7,10-11,17H,2-3,6,8-9,12H2,1H3,(H2,19,20,22,23)/t17-/m0/s1. The molecule has 1 aliphatic heterocycles. The number of hydrogen-bond donors (Lipinski definition) is 2. The molecule has 2 aromatic heterocycles. The van der Waals surface area contributed by atoms with E-state index in [0.29, 0.717) is 6.54 Å². The Balaban J connectivity index is 1.65. The minimum Gasteiger partial charge on any atom is -0.338 e. The lowest BCUT2D eigenvalue weighted by Crippen LogP contribution is -2.47. The monoisotopic (exact) mass is 377 g/mol. The molecule has 1 aliphatic rings. The lowest BCUT2D eigenvalue weighted by atomic mass is 9.98. The Hall–Kier alpha value is -1.70. The third-order valence-electron chi connectivity index (χ3n) is 4.29. The van der Waals surface area contributed by atoms with Gasteiger partial charge in [-0.15, -0.1) is 22.7 Å². The molecule has 3 amide bonds. The van der Waals surface area contributed by atoms with Gasteiger partial charge < -0.3 is 5.32 Å². The van der Waals surface area contributed by atoms with Crippen molar-refractivity contribution < 1.29 is 9.59 Å². The Morgan fingerprint density at radius 2 is 2.16 bits per heavy atom. The molecule has 0 bridgehead atoms. The molecule has 25 heavy (non-hydrogen) atoms. The van der Waals surface area contributed by atoms with Gasteiger partial charge in [-0.1, -0.05) is 19.4 Å². The Morgan fingerprint density at radius 3 is 2.92 bits per heavy atom. The molecule has 0 saturated heterocycles. The molecule has 0 aromatic carbocycles. The average molecular weight is 378 g/mol. The summed E-state index contributed by atoms with van der Waals surface area (Å²) >= 11 is 3.49. The van der Waals surface area contributed by atoms with E-state index in [2.05, 4.69) is 45.4 Å². The first-order chi connectivity index (χ1) is 12.2. The zero-order valence-electron chi connectivity index (χ0n) is 14.3. The third-order valence-corrected chi connectivity index (χ3v) is 6.22. The molecule has 3 heterocycles. The average Bonchev–Trinajstić information content (AvgIpc) is 3.26. The maximum Gasteiger partial charge on any atom is 0.321 e. The number of hydrogen-bond acceptors (Lipinski definition) is 5. The number of nitrogens with zero attached hydrogens (tertiary/aromatic N) is 1. The van der Waals surface area contributed by atoms with Crippen LogP contribution in [-0.4, -0.2) is 36.5 Å². The quantitative estimate of drug-likeness (QED) is 0.759. The second-order valence-electron chi connectivity index (χ2n) is 6.10.